The van der Waals surface area contributed by atoms with E-state index in [1.807, 2.05) is 18.2 Å². The van der Waals surface area contributed by atoms with Crippen molar-refractivity contribution in [1.29, 1.82) is 0 Å². The van der Waals surface area contributed by atoms with E-state index in [9.17, 15) is 9.18 Å². The van der Waals surface area contributed by atoms with Crippen LogP contribution >= 0.6 is 11.8 Å². The zero-order valence-electron chi connectivity index (χ0n) is 10.9. The Kier molecular flexibility index (Phi) is 5.55. The van der Waals surface area contributed by atoms with Gasteiger partial charge in [0.25, 0.3) is 0 Å². The molecule has 0 unspecified atom stereocenters. The van der Waals surface area contributed by atoms with Crippen molar-refractivity contribution < 1.29 is 9.18 Å². The Bertz CT molecular complexity index is 546. The van der Waals surface area contributed by atoms with Gasteiger partial charge in [-0.05, 0) is 36.4 Å². The number of rotatable bonds is 6. The van der Waals surface area contributed by atoms with Crippen molar-refractivity contribution in [2.45, 2.75) is 11.3 Å². The van der Waals surface area contributed by atoms with E-state index in [1.54, 1.807) is 18.3 Å². The van der Waals surface area contributed by atoms with Crippen molar-refractivity contribution in [2.75, 3.05) is 12.3 Å². The minimum atomic E-state index is -0.269. The molecule has 2 rings (SSSR count). The van der Waals surface area contributed by atoms with Crippen molar-refractivity contribution >= 4 is 17.7 Å². The smallest absolute Gasteiger partial charge is 0.230 e. The second kappa shape index (κ2) is 7.65. The standard InChI is InChI=1S/C15H15FN2OS/c16-12-4-6-14(7-5-12)20-11-15(19)18-10-8-13-3-1-2-9-17-13/h1-7,9H,8,10-11H2,(H,18,19). The third kappa shape index (κ3) is 5.01. The summed E-state index contributed by atoms with van der Waals surface area (Å²) in [5.41, 5.74) is 0.957. The van der Waals surface area contributed by atoms with Crippen molar-refractivity contribution in [3.8, 4) is 0 Å². The molecule has 0 aliphatic heterocycles. The molecule has 104 valence electrons. The number of hydrogen-bond donors (Lipinski definition) is 1. The highest BCUT2D eigenvalue weighted by Gasteiger charge is 2.03. The second-order valence-corrected chi connectivity index (χ2v) is 5.21. The fourth-order valence-corrected chi connectivity index (χ4v) is 2.34. The van der Waals surface area contributed by atoms with Gasteiger partial charge in [0.15, 0.2) is 0 Å². The third-order valence-electron chi connectivity index (χ3n) is 2.61. The number of carbonyl (C=O) groups excluding carboxylic acids is 1. The lowest BCUT2D eigenvalue weighted by Gasteiger charge is -2.05. The van der Waals surface area contributed by atoms with Crippen molar-refractivity contribution in [2.24, 2.45) is 0 Å². The topological polar surface area (TPSA) is 42.0 Å². The van der Waals surface area contributed by atoms with Crippen molar-refractivity contribution in [3.05, 3.63) is 60.2 Å². The van der Waals surface area contributed by atoms with Gasteiger partial charge < -0.3 is 5.32 Å². The Morgan fingerprint density at radius 2 is 2.00 bits per heavy atom. The van der Waals surface area contributed by atoms with E-state index in [4.69, 9.17) is 0 Å². The van der Waals surface area contributed by atoms with Gasteiger partial charge in [-0.25, -0.2) is 4.39 Å². The minimum absolute atomic E-state index is 0.0322. The number of nitrogens with zero attached hydrogens (tertiary/aromatic N) is 1. The van der Waals surface area contributed by atoms with Gasteiger partial charge in [-0.1, -0.05) is 6.07 Å². The summed E-state index contributed by atoms with van der Waals surface area (Å²) in [6, 6.07) is 11.8. The molecule has 0 atom stereocenters. The van der Waals surface area contributed by atoms with Gasteiger partial charge in [0.05, 0.1) is 5.75 Å². The summed E-state index contributed by atoms with van der Waals surface area (Å²) in [7, 11) is 0. The molecule has 3 nitrogen and oxygen atoms in total. The Balaban J connectivity index is 1.67. The van der Waals surface area contributed by atoms with Gasteiger partial charge in [-0.2, -0.15) is 0 Å². The SMILES string of the molecule is O=C(CSc1ccc(F)cc1)NCCc1ccccn1. The Morgan fingerprint density at radius 3 is 2.70 bits per heavy atom. The fraction of sp³-hybridized carbons (Fsp3) is 0.200. The highest BCUT2D eigenvalue weighted by molar-refractivity contribution is 8.00. The molecule has 5 heteroatoms. The largest absolute Gasteiger partial charge is 0.355 e. The van der Waals surface area contributed by atoms with Crippen LogP contribution in [0.15, 0.2) is 53.6 Å². The van der Waals surface area contributed by atoms with Crippen LogP contribution < -0.4 is 5.32 Å². The molecule has 1 aromatic carbocycles. The van der Waals surface area contributed by atoms with Crippen LogP contribution in [-0.4, -0.2) is 23.2 Å². The quantitative estimate of drug-likeness (QED) is 0.832. The first-order chi connectivity index (χ1) is 9.74. The Morgan fingerprint density at radius 1 is 1.20 bits per heavy atom. The van der Waals surface area contributed by atoms with Gasteiger partial charge >= 0.3 is 0 Å². The number of aromatic nitrogens is 1. The zero-order valence-corrected chi connectivity index (χ0v) is 11.7. The number of nitrogens with one attached hydrogen (secondary N) is 1. The van der Waals surface area contributed by atoms with E-state index in [2.05, 4.69) is 10.3 Å². The maximum Gasteiger partial charge on any atom is 0.230 e. The van der Waals surface area contributed by atoms with Crippen molar-refractivity contribution in [1.82, 2.24) is 10.3 Å². The molecule has 0 saturated heterocycles. The monoisotopic (exact) mass is 290 g/mol. The highest BCUT2D eigenvalue weighted by atomic mass is 32.2. The van der Waals surface area contributed by atoms with Gasteiger partial charge in [-0.15, -0.1) is 11.8 Å². The third-order valence-corrected chi connectivity index (χ3v) is 3.63. The van der Waals surface area contributed by atoms with E-state index in [1.165, 1.54) is 23.9 Å². The van der Waals surface area contributed by atoms with E-state index in [-0.39, 0.29) is 11.7 Å². The second-order valence-electron chi connectivity index (χ2n) is 4.16. The molecule has 1 heterocycles. The summed E-state index contributed by atoms with van der Waals surface area (Å²) in [4.78, 5) is 16.7. The van der Waals surface area contributed by atoms with Crippen LogP contribution in [0.1, 0.15) is 5.69 Å². The van der Waals surface area contributed by atoms with Crippen LogP contribution in [0.4, 0.5) is 4.39 Å². The molecule has 0 radical (unpaired) electrons. The molecule has 0 saturated carbocycles. The Hall–Kier alpha value is -1.88. The number of pyridine rings is 1. The summed E-state index contributed by atoms with van der Waals surface area (Å²) in [6.45, 7) is 0.569. The first kappa shape index (κ1) is 14.5. The molecule has 0 aliphatic carbocycles. The van der Waals surface area contributed by atoms with Crippen LogP contribution in [0.3, 0.4) is 0 Å². The average Bonchev–Trinajstić information content (AvgIpc) is 2.48. The number of thioether (sulfide) groups is 1. The number of carbonyl (C=O) groups is 1. The lowest BCUT2D eigenvalue weighted by Crippen LogP contribution is -2.27. The predicted molar refractivity (Wildman–Crippen MR) is 78.1 cm³/mol. The molecule has 0 bridgehead atoms. The van der Waals surface area contributed by atoms with Gasteiger partial charge in [0.2, 0.25) is 5.91 Å². The molecular formula is C15H15FN2OS. The molecule has 0 spiro atoms. The van der Waals surface area contributed by atoms with Crippen LogP contribution in [0, 0.1) is 5.82 Å². The lowest BCUT2D eigenvalue weighted by molar-refractivity contribution is -0.118. The van der Waals surface area contributed by atoms with Crippen LogP contribution in [0.2, 0.25) is 0 Å². The molecule has 0 aliphatic rings. The zero-order chi connectivity index (χ0) is 14.2. The molecular weight excluding hydrogens is 275 g/mol. The van der Waals surface area contributed by atoms with Crippen LogP contribution in [0.5, 0.6) is 0 Å². The number of benzene rings is 1. The Labute approximate surface area is 121 Å². The lowest BCUT2D eigenvalue weighted by atomic mass is 10.3. The summed E-state index contributed by atoms with van der Waals surface area (Å²) >= 11 is 1.39. The summed E-state index contributed by atoms with van der Waals surface area (Å²) in [5.74, 6) is 0.0258. The average molecular weight is 290 g/mol. The maximum atomic E-state index is 12.7. The molecule has 0 fully saturated rings. The molecule has 2 aromatic rings. The molecule has 20 heavy (non-hydrogen) atoms. The minimum Gasteiger partial charge on any atom is -0.355 e. The van der Waals surface area contributed by atoms with Gasteiger partial charge in [0.1, 0.15) is 5.82 Å². The fourth-order valence-electron chi connectivity index (χ4n) is 1.61. The first-order valence-electron chi connectivity index (χ1n) is 6.29. The normalized spacial score (nSPS) is 10.2. The highest BCUT2D eigenvalue weighted by Crippen LogP contribution is 2.17. The van der Waals surface area contributed by atoms with Gasteiger partial charge in [-0.3, -0.25) is 9.78 Å². The molecule has 1 amide bonds. The molecule has 1 aromatic heterocycles. The summed E-state index contributed by atoms with van der Waals surface area (Å²) in [5, 5.41) is 2.84. The molecule has 1 N–H and O–H groups in total. The number of hydrogen-bond acceptors (Lipinski definition) is 3. The summed E-state index contributed by atoms with van der Waals surface area (Å²) in [6.07, 6.45) is 2.45. The predicted octanol–water partition coefficient (Wildman–Crippen LogP) is 2.67. The first-order valence-corrected chi connectivity index (χ1v) is 7.27. The summed E-state index contributed by atoms with van der Waals surface area (Å²) < 4.78 is 12.7. The van der Waals surface area contributed by atoms with E-state index in [0.29, 0.717) is 18.7 Å². The number of halogens is 1. The van der Waals surface area contributed by atoms with Crippen molar-refractivity contribution in [3.63, 3.8) is 0 Å². The van der Waals surface area contributed by atoms with E-state index < -0.39 is 0 Å². The van der Waals surface area contributed by atoms with Crippen LogP contribution in [-0.2, 0) is 11.2 Å². The number of amides is 1. The van der Waals surface area contributed by atoms with Gasteiger partial charge in [0, 0.05) is 29.8 Å². The van der Waals surface area contributed by atoms with Crippen LogP contribution in [0.25, 0.3) is 0 Å². The van der Waals surface area contributed by atoms with E-state index in [0.717, 1.165) is 10.6 Å². The maximum absolute atomic E-state index is 12.7. The van der Waals surface area contributed by atoms with E-state index >= 15 is 0 Å².